The minimum Gasteiger partial charge on any atom is -0.299 e. The van der Waals surface area contributed by atoms with Crippen LogP contribution in [0.15, 0.2) is 30.3 Å². The van der Waals surface area contributed by atoms with E-state index in [1.54, 1.807) is 0 Å². The van der Waals surface area contributed by atoms with E-state index in [1.807, 2.05) is 6.07 Å². The van der Waals surface area contributed by atoms with Gasteiger partial charge in [0.1, 0.15) is 5.40 Å². The molecule has 0 aromatic heterocycles. The highest BCUT2D eigenvalue weighted by molar-refractivity contribution is 8.04. The molecule has 1 rings (SSSR count). The Kier molecular flexibility index (Phi) is 9.21. The van der Waals surface area contributed by atoms with Gasteiger partial charge in [0.25, 0.3) is 0 Å². The standard InChI is InChI=1S/C18H28N2S/c1-4-6-13-20(14-7-5-2)16(3)18(21-15-19)17-11-9-8-10-12-17/h8-12,16,18H,4-7,13-14H2,1-3H3/t16-,18-/m0/s1. The summed E-state index contributed by atoms with van der Waals surface area (Å²) in [4.78, 5) is 2.56. The van der Waals surface area contributed by atoms with E-state index in [-0.39, 0.29) is 5.25 Å². The summed E-state index contributed by atoms with van der Waals surface area (Å²) in [6.45, 7) is 9.01. The Bertz CT molecular complexity index is 405. The molecule has 0 unspecified atom stereocenters. The number of nitriles is 1. The fourth-order valence-corrected chi connectivity index (χ4v) is 3.35. The van der Waals surface area contributed by atoms with E-state index in [4.69, 9.17) is 0 Å². The molecule has 0 amide bonds. The number of benzene rings is 1. The summed E-state index contributed by atoms with van der Waals surface area (Å²) in [5.74, 6) is 0. The zero-order valence-electron chi connectivity index (χ0n) is 13.6. The second-order valence-corrected chi connectivity index (χ2v) is 6.45. The van der Waals surface area contributed by atoms with Gasteiger partial charge >= 0.3 is 0 Å². The number of thioether (sulfide) groups is 1. The molecule has 0 radical (unpaired) electrons. The van der Waals surface area contributed by atoms with Crippen LogP contribution in [0.1, 0.15) is 57.3 Å². The Morgan fingerprint density at radius 3 is 2.14 bits per heavy atom. The Morgan fingerprint density at radius 1 is 1.10 bits per heavy atom. The fourth-order valence-electron chi connectivity index (χ4n) is 2.58. The predicted molar refractivity (Wildman–Crippen MR) is 93.2 cm³/mol. The first-order chi connectivity index (χ1) is 10.2. The molecular formula is C18H28N2S. The van der Waals surface area contributed by atoms with Crippen LogP contribution in [0, 0.1) is 10.7 Å². The summed E-state index contributed by atoms with van der Waals surface area (Å²) in [7, 11) is 0. The third kappa shape index (κ3) is 6.11. The van der Waals surface area contributed by atoms with E-state index in [9.17, 15) is 5.26 Å². The van der Waals surface area contributed by atoms with Crippen LogP contribution < -0.4 is 0 Å². The second-order valence-electron chi connectivity index (χ2n) is 5.52. The zero-order chi connectivity index (χ0) is 15.5. The maximum atomic E-state index is 9.18. The number of nitrogens with zero attached hydrogens (tertiary/aromatic N) is 2. The molecule has 0 saturated heterocycles. The van der Waals surface area contributed by atoms with Gasteiger partial charge < -0.3 is 0 Å². The number of hydrogen-bond acceptors (Lipinski definition) is 3. The SMILES string of the molecule is CCCCN(CCCC)[C@@H](C)[C@H](SC#N)c1ccccc1. The van der Waals surface area contributed by atoms with E-state index in [2.05, 4.69) is 55.3 Å². The van der Waals surface area contributed by atoms with Crippen molar-refractivity contribution in [2.75, 3.05) is 13.1 Å². The van der Waals surface area contributed by atoms with Gasteiger partial charge in [-0.3, -0.25) is 4.90 Å². The first kappa shape index (κ1) is 18.1. The first-order valence-corrected chi connectivity index (χ1v) is 8.96. The Balaban J connectivity index is 2.84. The highest BCUT2D eigenvalue weighted by Gasteiger charge is 2.25. The van der Waals surface area contributed by atoms with Gasteiger partial charge in [-0.15, -0.1) is 0 Å². The lowest BCUT2D eigenvalue weighted by Crippen LogP contribution is -2.38. The summed E-state index contributed by atoms with van der Waals surface area (Å²) >= 11 is 1.40. The van der Waals surface area contributed by atoms with Gasteiger partial charge in [-0.2, -0.15) is 5.26 Å². The van der Waals surface area contributed by atoms with Gasteiger partial charge in [0.2, 0.25) is 0 Å². The van der Waals surface area contributed by atoms with E-state index >= 15 is 0 Å². The van der Waals surface area contributed by atoms with Crippen molar-refractivity contribution in [2.24, 2.45) is 0 Å². The molecule has 3 heteroatoms. The van der Waals surface area contributed by atoms with Crippen molar-refractivity contribution in [2.45, 2.75) is 57.7 Å². The summed E-state index contributed by atoms with van der Waals surface area (Å²) in [6.07, 6.45) is 4.90. The Hall–Kier alpha value is -0.980. The predicted octanol–water partition coefficient (Wildman–Crippen LogP) is 5.23. The molecule has 0 saturated carbocycles. The minimum absolute atomic E-state index is 0.227. The minimum atomic E-state index is 0.227. The van der Waals surface area contributed by atoms with Crippen LogP contribution in [0.2, 0.25) is 0 Å². The molecule has 2 nitrogen and oxygen atoms in total. The van der Waals surface area contributed by atoms with Crippen LogP contribution in [-0.4, -0.2) is 24.0 Å². The average molecular weight is 305 g/mol. The van der Waals surface area contributed by atoms with Gasteiger partial charge in [0, 0.05) is 6.04 Å². The van der Waals surface area contributed by atoms with E-state index in [0.717, 1.165) is 13.1 Å². The molecular weight excluding hydrogens is 276 g/mol. The largest absolute Gasteiger partial charge is 0.299 e. The smallest absolute Gasteiger partial charge is 0.134 e. The maximum Gasteiger partial charge on any atom is 0.134 e. The summed E-state index contributed by atoms with van der Waals surface area (Å²) in [5, 5.41) is 11.7. The van der Waals surface area contributed by atoms with Gasteiger partial charge in [-0.05, 0) is 50.2 Å². The number of hydrogen-bond donors (Lipinski definition) is 0. The third-order valence-corrected chi connectivity index (χ3v) is 4.95. The lowest BCUT2D eigenvalue weighted by molar-refractivity contribution is 0.199. The van der Waals surface area contributed by atoms with Crippen molar-refractivity contribution in [1.82, 2.24) is 4.90 Å². The second kappa shape index (κ2) is 10.7. The van der Waals surface area contributed by atoms with E-state index in [0.29, 0.717) is 6.04 Å². The van der Waals surface area contributed by atoms with Crippen LogP contribution >= 0.6 is 11.8 Å². The molecule has 0 N–H and O–H groups in total. The number of rotatable bonds is 10. The summed E-state index contributed by atoms with van der Waals surface area (Å²) in [5.41, 5.74) is 1.26. The molecule has 0 aliphatic carbocycles. The fraction of sp³-hybridized carbons (Fsp3) is 0.611. The molecule has 116 valence electrons. The highest BCUT2D eigenvalue weighted by atomic mass is 32.2. The molecule has 1 aromatic carbocycles. The van der Waals surface area contributed by atoms with E-state index in [1.165, 1.54) is 43.0 Å². The lowest BCUT2D eigenvalue weighted by atomic mass is 10.0. The van der Waals surface area contributed by atoms with Crippen molar-refractivity contribution in [3.63, 3.8) is 0 Å². The van der Waals surface area contributed by atoms with Crippen molar-refractivity contribution in [3.8, 4) is 5.40 Å². The molecule has 0 spiro atoms. The van der Waals surface area contributed by atoms with Crippen LogP contribution in [0.25, 0.3) is 0 Å². The molecule has 2 atom stereocenters. The lowest BCUT2D eigenvalue weighted by Gasteiger charge is -2.33. The summed E-state index contributed by atoms with van der Waals surface area (Å²) in [6, 6.07) is 10.8. The molecule has 0 heterocycles. The molecule has 0 aliphatic rings. The average Bonchev–Trinajstić information content (AvgIpc) is 2.53. The molecule has 21 heavy (non-hydrogen) atoms. The topological polar surface area (TPSA) is 27.0 Å². The quantitative estimate of drug-likeness (QED) is 0.554. The number of unbranched alkanes of at least 4 members (excludes halogenated alkanes) is 2. The molecule has 1 aromatic rings. The maximum absolute atomic E-state index is 9.18. The third-order valence-electron chi connectivity index (χ3n) is 3.92. The van der Waals surface area contributed by atoms with Crippen LogP contribution in [0.4, 0.5) is 0 Å². The van der Waals surface area contributed by atoms with E-state index < -0.39 is 0 Å². The molecule has 0 fully saturated rings. The first-order valence-electron chi connectivity index (χ1n) is 8.08. The summed E-state index contributed by atoms with van der Waals surface area (Å²) < 4.78 is 0. The molecule has 0 aliphatic heterocycles. The highest BCUT2D eigenvalue weighted by Crippen LogP contribution is 2.34. The van der Waals surface area contributed by atoms with Crippen LogP contribution in [0.3, 0.4) is 0 Å². The number of thiocyanates is 1. The van der Waals surface area contributed by atoms with Crippen molar-refractivity contribution in [3.05, 3.63) is 35.9 Å². The monoisotopic (exact) mass is 304 g/mol. The van der Waals surface area contributed by atoms with Crippen LogP contribution in [-0.2, 0) is 0 Å². The van der Waals surface area contributed by atoms with Gasteiger partial charge in [0.05, 0.1) is 5.25 Å². The van der Waals surface area contributed by atoms with Gasteiger partial charge in [-0.25, -0.2) is 0 Å². The van der Waals surface area contributed by atoms with Gasteiger partial charge in [0.15, 0.2) is 0 Å². The van der Waals surface area contributed by atoms with Crippen molar-refractivity contribution in [1.29, 1.82) is 5.26 Å². The van der Waals surface area contributed by atoms with Crippen LogP contribution in [0.5, 0.6) is 0 Å². The molecule has 0 bridgehead atoms. The van der Waals surface area contributed by atoms with Crippen molar-refractivity contribution < 1.29 is 0 Å². The normalized spacial score (nSPS) is 13.9. The van der Waals surface area contributed by atoms with Gasteiger partial charge in [-0.1, -0.05) is 57.0 Å². The zero-order valence-corrected chi connectivity index (χ0v) is 14.4. The Morgan fingerprint density at radius 2 is 1.67 bits per heavy atom. The van der Waals surface area contributed by atoms with Crippen molar-refractivity contribution >= 4 is 11.8 Å². The Labute approximate surface area is 134 Å².